The lowest BCUT2D eigenvalue weighted by Gasteiger charge is -2.08. The lowest BCUT2D eigenvalue weighted by Crippen LogP contribution is -2.16. The van der Waals surface area contributed by atoms with Crippen LogP contribution in [0.25, 0.3) is 0 Å². The van der Waals surface area contributed by atoms with Crippen LogP contribution in [0, 0.1) is 0 Å². The molecule has 0 radical (unpaired) electrons. The Morgan fingerprint density at radius 2 is 1.85 bits per heavy atom. The number of aromatic hydroxyl groups is 2. The summed E-state index contributed by atoms with van der Waals surface area (Å²) >= 11 is 0. The van der Waals surface area contributed by atoms with Gasteiger partial charge in [0.05, 0.1) is 0 Å². The predicted molar refractivity (Wildman–Crippen MR) is 50.0 cm³/mol. The van der Waals surface area contributed by atoms with E-state index in [9.17, 15) is 10.2 Å². The normalized spacial score (nSPS) is 16.3. The largest absolute Gasteiger partial charge is 0.504 e. The Balaban J connectivity index is 2.48. The average molecular weight is 179 g/mol. The van der Waals surface area contributed by atoms with Gasteiger partial charge >= 0.3 is 0 Å². The zero-order valence-corrected chi connectivity index (χ0v) is 7.38. The molecular weight excluding hydrogens is 166 g/mol. The maximum absolute atomic E-state index is 9.59. The van der Waals surface area contributed by atoms with Gasteiger partial charge in [-0.2, -0.15) is 0 Å². The summed E-state index contributed by atoms with van der Waals surface area (Å²) in [5.74, 6) is 0.0434. The summed E-state index contributed by atoms with van der Waals surface area (Å²) in [6.07, 6.45) is 1.71. The summed E-state index contributed by atoms with van der Waals surface area (Å²) in [6, 6.07) is 3.44. The van der Waals surface area contributed by atoms with E-state index in [1.165, 1.54) is 0 Å². The van der Waals surface area contributed by atoms with Gasteiger partial charge < -0.3 is 15.5 Å². The van der Waals surface area contributed by atoms with E-state index in [1.54, 1.807) is 6.07 Å². The molecule has 0 saturated carbocycles. The molecule has 3 nitrogen and oxygen atoms in total. The van der Waals surface area contributed by atoms with Crippen LogP contribution in [0.3, 0.4) is 0 Å². The highest BCUT2D eigenvalue weighted by atomic mass is 16.3. The van der Waals surface area contributed by atoms with E-state index in [2.05, 4.69) is 5.32 Å². The lowest BCUT2D eigenvalue weighted by molar-refractivity contribution is 0.399. The minimum atomic E-state index is -0.0133. The fourth-order valence-electron chi connectivity index (χ4n) is 1.74. The molecule has 0 saturated heterocycles. The van der Waals surface area contributed by atoms with Gasteiger partial charge in [-0.05, 0) is 37.6 Å². The van der Waals surface area contributed by atoms with Crippen molar-refractivity contribution in [2.45, 2.75) is 12.8 Å². The Hall–Kier alpha value is -1.22. The standard InChI is InChI=1S/C10H13NO2/c12-9-2-1-7-3-5-11-6-4-8(7)10(9)13/h1-2,11-13H,3-6H2. The Bertz CT molecular complexity index is 323. The number of rotatable bonds is 0. The highest BCUT2D eigenvalue weighted by molar-refractivity contribution is 5.49. The molecule has 0 unspecified atom stereocenters. The summed E-state index contributed by atoms with van der Waals surface area (Å²) in [4.78, 5) is 0. The van der Waals surface area contributed by atoms with Crippen LogP contribution in [0.15, 0.2) is 12.1 Å². The molecule has 70 valence electrons. The minimum Gasteiger partial charge on any atom is -0.504 e. The maximum Gasteiger partial charge on any atom is 0.160 e. The van der Waals surface area contributed by atoms with E-state index in [-0.39, 0.29) is 11.5 Å². The number of nitrogens with one attached hydrogen (secondary N) is 1. The van der Waals surface area contributed by atoms with Crippen molar-refractivity contribution in [3.05, 3.63) is 23.3 Å². The number of phenols is 2. The molecule has 1 aromatic carbocycles. The van der Waals surface area contributed by atoms with Crippen molar-refractivity contribution >= 4 is 0 Å². The van der Waals surface area contributed by atoms with Crippen LogP contribution >= 0.6 is 0 Å². The Morgan fingerprint density at radius 1 is 1.08 bits per heavy atom. The van der Waals surface area contributed by atoms with Crippen molar-refractivity contribution in [3.8, 4) is 11.5 Å². The van der Waals surface area contributed by atoms with Crippen molar-refractivity contribution in [1.82, 2.24) is 5.32 Å². The first-order chi connectivity index (χ1) is 6.29. The molecule has 1 aromatic rings. The topological polar surface area (TPSA) is 52.5 Å². The summed E-state index contributed by atoms with van der Waals surface area (Å²) in [6.45, 7) is 1.81. The molecule has 1 aliphatic heterocycles. The van der Waals surface area contributed by atoms with Crippen LogP contribution in [0.5, 0.6) is 11.5 Å². The van der Waals surface area contributed by atoms with Crippen molar-refractivity contribution in [1.29, 1.82) is 0 Å². The van der Waals surface area contributed by atoms with E-state index in [0.717, 1.165) is 37.1 Å². The summed E-state index contributed by atoms with van der Waals surface area (Å²) in [7, 11) is 0. The summed E-state index contributed by atoms with van der Waals surface area (Å²) < 4.78 is 0. The first-order valence-corrected chi connectivity index (χ1v) is 4.52. The number of hydrogen-bond acceptors (Lipinski definition) is 3. The van der Waals surface area contributed by atoms with E-state index < -0.39 is 0 Å². The number of benzene rings is 1. The van der Waals surface area contributed by atoms with Gasteiger partial charge in [-0.1, -0.05) is 6.07 Å². The van der Waals surface area contributed by atoms with E-state index in [1.807, 2.05) is 6.07 Å². The number of phenolic OH excluding ortho intramolecular Hbond substituents is 2. The summed E-state index contributed by atoms with van der Waals surface area (Å²) in [5.41, 5.74) is 2.03. The van der Waals surface area contributed by atoms with Gasteiger partial charge in [-0.3, -0.25) is 0 Å². The highest BCUT2D eigenvalue weighted by Gasteiger charge is 2.13. The van der Waals surface area contributed by atoms with Crippen LogP contribution < -0.4 is 5.32 Å². The molecule has 0 fully saturated rings. The fraction of sp³-hybridized carbons (Fsp3) is 0.400. The minimum absolute atomic E-state index is 0.0133. The Labute approximate surface area is 77.0 Å². The van der Waals surface area contributed by atoms with Crippen LogP contribution in [0.2, 0.25) is 0 Å². The molecule has 0 aliphatic carbocycles. The van der Waals surface area contributed by atoms with E-state index in [0.29, 0.717) is 0 Å². The van der Waals surface area contributed by atoms with Gasteiger partial charge in [0.25, 0.3) is 0 Å². The van der Waals surface area contributed by atoms with Gasteiger partial charge in [0.2, 0.25) is 0 Å². The smallest absolute Gasteiger partial charge is 0.160 e. The monoisotopic (exact) mass is 179 g/mol. The lowest BCUT2D eigenvalue weighted by atomic mass is 10.0. The van der Waals surface area contributed by atoms with Gasteiger partial charge in [-0.25, -0.2) is 0 Å². The number of hydrogen-bond donors (Lipinski definition) is 3. The second kappa shape index (κ2) is 3.26. The Morgan fingerprint density at radius 3 is 2.69 bits per heavy atom. The van der Waals surface area contributed by atoms with Gasteiger partial charge in [0, 0.05) is 5.56 Å². The molecule has 0 atom stereocenters. The van der Waals surface area contributed by atoms with Gasteiger partial charge in [0.1, 0.15) is 0 Å². The second-order valence-electron chi connectivity index (χ2n) is 3.32. The molecule has 0 bridgehead atoms. The molecule has 0 spiro atoms. The third-order valence-corrected chi connectivity index (χ3v) is 2.48. The molecule has 3 heteroatoms. The second-order valence-corrected chi connectivity index (χ2v) is 3.32. The number of fused-ring (bicyclic) bond motifs is 1. The molecule has 13 heavy (non-hydrogen) atoms. The molecular formula is C10H13NO2. The molecule has 0 aromatic heterocycles. The molecule has 2 rings (SSSR count). The SMILES string of the molecule is Oc1ccc2c(c1O)CCNCC2. The zero-order valence-electron chi connectivity index (χ0n) is 7.38. The van der Waals surface area contributed by atoms with Crippen LogP contribution in [-0.4, -0.2) is 23.3 Å². The summed E-state index contributed by atoms with van der Waals surface area (Å²) in [5, 5.41) is 22.1. The average Bonchev–Trinajstić information content (AvgIpc) is 2.36. The molecule has 1 heterocycles. The van der Waals surface area contributed by atoms with Gasteiger partial charge in [-0.15, -0.1) is 0 Å². The van der Waals surface area contributed by atoms with E-state index in [4.69, 9.17) is 0 Å². The highest BCUT2D eigenvalue weighted by Crippen LogP contribution is 2.32. The van der Waals surface area contributed by atoms with Crippen molar-refractivity contribution in [2.24, 2.45) is 0 Å². The van der Waals surface area contributed by atoms with Crippen molar-refractivity contribution < 1.29 is 10.2 Å². The molecule has 3 N–H and O–H groups in total. The third kappa shape index (κ3) is 1.47. The first kappa shape index (κ1) is 8.38. The third-order valence-electron chi connectivity index (χ3n) is 2.48. The quantitative estimate of drug-likeness (QED) is 0.516. The first-order valence-electron chi connectivity index (χ1n) is 4.52. The maximum atomic E-state index is 9.59. The van der Waals surface area contributed by atoms with Crippen LogP contribution in [0.4, 0.5) is 0 Å². The molecule has 1 aliphatic rings. The van der Waals surface area contributed by atoms with Crippen molar-refractivity contribution in [2.75, 3.05) is 13.1 Å². The zero-order chi connectivity index (χ0) is 9.26. The predicted octanol–water partition coefficient (Wildman–Crippen LogP) is 0.786. The van der Waals surface area contributed by atoms with Gasteiger partial charge in [0.15, 0.2) is 11.5 Å². The fourth-order valence-corrected chi connectivity index (χ4v) is 1.74. The molecule has 0 amide bonds. The Kier molecular flexibility index (Phi) is 2.10. The van der Waals surface area contributed by atoms with Crippen LogP contribution in [0.1, 0.15) is 11.1 Å². The van der Waals surface area contributed by atoms with Crippen LogP contribution in [-0.2, 0) is 12.8 Å². The van der Waals surface area contributed by atoms with E-state index >= 15 is 0 Å². The van der Waals surface area contributed by atoms with Crippen molar-refractivity contribution in [3.63, 3.8) is 0 Å².